The van der Waals surface area contributed by atoms with Gasteiger partial charge in [-0.2, -0.15) is 0 Å². The summed E-state index contributed by atoms with van der Waals surface area (Å²) in [5.41, 5.74) is 0. The zero-order chi connectivity index (χ0) is 4.50. The molecule has 0 radical (unpaired) electrons. The van der Waals surface area contributed by atoms with Crippen molar-refractivity contribution >= 4 is 8.07 Å². The summed E-state index contributed by atoms with van der Waals surface area (Å²) in [4.78, 5) is 0. The molecular weight excluding hydrogens is 124 g/mol. The van der Waals surface area contributed by atoms with Gasteiger partial charge in [-0.05, 0) is 0 Å². The maximum absolute atomic E-state index is 3.91. The van der Waals surface area contributed by atoms with Crippen molar-refractivity contribution in [3.8, 4) is 0 Å². The zero-order valence-corrected chi connectivity index (χ0v) is 7.27. The molecule has 0 saturated heterocycles. The van der Waals surface area contributed by atoms with Gasteiger partial charge in [0.1, 0.15) is 0 Å². The summed E-state index contributed by atoms with van der Waals surface area (Å²) in [6.45, 7) is 10.6. The van der Waals surface area contributed by atoms with Crippen LogP contribution in [0.25, 0.3) is 0 Å². The number of hydrogen-bond donors (Lipinski definition) is 0. The Morgan fingerprint density at radius 2 is 1.17 bits per heavy atom. The van der Waals surface area contributed by atoms with Crippen molar-refractivity contribution in [2.45, 2.75) is 19.6 Å². The Balaban J connectivity index is 0. The molecule has 0 aliphatic heterocycles. The molecule has 0 aliphatic carbocycles. The standard InChI is InChI=1S/C4H11Si.Ti/c1-5(2,3)4;/h1H2,2-4H3;/q-1;. The average Bonchev–Trinajstić information content (AvgIpc) is 0.722. The van der Waals surface area contributed by atoms with Crippen LogP contribution in [0, 0.1) is 6.55 Å². The van der Waals surface area contributed by atoms with Gasteiger partial charge in [0.05, 0.1) is 0 Å². The molecule has 0 rings (SSSR count). The molecule has 0 aliphatic rings. The fourth-order valence-electron chi connectivity index (χ4n) is 0. The van der Waals surface area contributed by atoms with Crippen LogP contribution in [-0.4, -0.2) is 8.07 Å². The van der Waals surface area contributed by atoms with Crippen LogP contribution < -0.4 is 0 Å². The largest absolute Gasteiger partial charge is 0.342 e. The van der Waals surface area contributed by atoms with E-state index in [0.29, 0.717) is 0 Å². The third-order valence-corrected chi connectivity index (χ3v) is 0. The van der Waals surface area contributed by atoms with Gasteiger partial charge in [0.15, 0.2) is 0 Å². The molecule has 0 spiro atoms. The van der Waals surface area contributed by atoms with Crippen molar-refractivity contribution in [1.29, 1.82) is 0 Å². The van der Waals surface area contributed by atoms with E-state index >= 15 is 0 Å². The van der Waals surface area contributed by atoms with Crippen LogP contribution in [0.2, 0.25) is 19.6 Å². The summed E-state index contributed by atoms with van der Waals surface area (Å²) in [5, 5.41) is 0. The van der Waals surface area contributed by atoms with Gasteiger partial charge in [-0.25, -0.2) is 0 Å². The predicted molar refractivity (Wildman–Crippen MR) is 28.7 cm³/mol. The van der Waals surface area contributed by atoms with Gasteiger partial charge in [0.2, 0.25) is 0 Å². The fourth-order valence-corrected chi connectivity index (χ4v) is 0. The van der Waals surface area contributed by atoms with Crippen LogP contribution in [0.1, 0.15) is 0 Å². The molecule has 0 N–H and O–H groups in total. The van der Waals surface area contributed by atoms with Crippen LogP contribution in [-0.2, 0) is 21.7 Å². The Labute approximate surface area is 56.2 Å². The summed E-state index contributed by atoms with van der Waals surface area (Å²) in [6, 6.07) is 0. The monoisotopic (exact) mass is 135 g/mol. The van der Waals surface area contributed by atoms with Gasteiger partial charge >= 0.3 is 0 Å². The Bertz CT molecular complexity index is 23.0. The van der Waals surface area contributed by atoms with Crippen molar-refractivity contribution in [3.05, 3.63) is 6.55 Å². The van der Waals surface area contributed by atoms with E-state index in [2.05, 4.69) is 26.2 Å². The minimum Gasteiger partial charge on any atom is -0.342 e. The number of hydrogen-bond acceptors (Lipinski definition) is 0. The summed E-state index contributed by atoms with van der Waals surface area (Å²) >= 11 is 0. The first-order valence-electron chi connectivity index (χ1n) is 1.85. The Kier molecular flexibility index (Phi) is 5.02. The van der Waals surface area contributed by atoms with Gasteiger partial charge in [-0.3, -0.25) is 0 Å². The van der Waals surface area contributed by atoms with Gasteiger partial charge < -0.3 is 6.55 Å². The molecule has 0 unspecified atom stereocenters. The van der Waals surface area contributed by atoms with E-state index in [-0.39, 0.29) is 21.7 Å². The predicted octanol–water partition coefficient (Wildman–Crippen LogP) is 1.70. The van der Waals surface area contributed by atoms with E-state index < -0.39 is 8.07 Å². The van der Waals surface area contributed by atoms with Crippen molar-refractivity contribution in [1.82, 2.24) is 0 Å². The first kappa shape index (κ1) is 10.0. The molecule has 0 bridgehead atoms. The quantitative estimate of drug-likeness (QED) is 0.350. The Morgan fingerprint density at radius 1 is 1.17 bits per heavy atom. The van der Waals surface area contributed by atoms with Crippen LogP contribution >= 0.6 is 0 Å². The Morgan fingerprint density at radius 3 is 1.17 bits per heavy atom. The molecule has 0 aromatic rings. The topological polar surface area (TPSA) is 0 Å². The van der Waals surface area contributed by atoms with Gasteiger partial charge in [-0.15, -0.1) is 8.07 Å². The third-order valence-electron chi connectivity index (χ3n) is 0. The van der Waals surface area contributed by atoms with Gasteiger partial charge in [-0.1, -0.05) is 19.6 Å². The van der Waals surface area contributed by atoms with Crippen molar-refractivity contribution < 1.29 is 21.7 Å². The summed E-state index contributed by atoms with van der Waals surface area (Å²) in [7, 11) is -0.861. The first-order chi connectivity index (χ1) is 2.00. The van der Waals surface area contributed by atoms with Crippen molar-refractivity contribution in [2.24, 2.45) is 0 Å². The van der Waals surface area contributed by atoms with E-state index in [1.54, 1.807) is 0 Å². The van der Waals surface area contributed by atoms with Crippen LogP contribution in [0.4, 0.5) is 0 Å². The molecule has 0 saturated carbocycles. The molecule has 0 nitrogen and oxygen atoms in total. The van der Waals surface area contributed by atoms with E-state index in [1.165, 1.54) is 0 Å². The second kappa shape index (κ2) is 3.00. The van der Waals surface area contributed by atoms with Crippen LogP contribution in [0.15, 0.2) is 0 Å². The average molecular weight is 135 g/mol. The summed E-state index contributed by atoms with van der Waals surface area (Å²) in [6.07, 6.45) is 0. The summed E-state index contributed by atoms with van der Waals surface area (Å²) in [5.74, 6) is 0. The van der Waals surface area contributed by atoms with Gasteiger partial charge in [0, 0.05) is 21.7 Å². The minimum atomic E-state index is -0.861. The molecule has 36 valence electrons. The second-order valence-corrected chi connectivity index (χ2v) is 7.68. The molecule has 0 atom stereocenters. The SMILES string of the molecule is [CH2-][Si](C)(C)C.[Ti]. The second-order valence-electron chi connectivity index (χ2n) is 2.56. The Hall–Kier alpha value is 0.931. The molecular formula is C4H11SiTi-. The normalized spacial score (nSPS) is 10.0. The molecule has 6 heavy (non-hydrogen) atoms. The molecule has 2 heteroatoms. The van der Waals surface area contributed by atoms with E-state index in [0.717, 1.165) is 0 Å². The molecule has 0 aromatic carbocycles. The molecule has 0 fully saturated rings. The zero-order valence-electron chi connectivity index (χ0n) is 4.71. The van der Waals surface area contributed by atoms with E-state index in [1.807, 2.05) is 0 Å². The third kappa shape index (κ3) is 87.9. The molecule has 0 amide bonds. The van der Waals surface area contributed by atoms with Gasteiger partial charge in [0.25, 0.3) is 0 Å². The van der Waals surface area contributed by atoms with E-state index in [4.69, 9.17) is 0 Å². The number of rotatable bonds is 0. The van der Waals surface area contributed by atoms with E-state index in [9.17, 15) is 0 Å². The van der Waals surface area contributed by atoms with Crippen LogP contribution in [0.5, 0.6) is 0 Å². The van der Waals surface area contributed by atoms with Crippen LogP contribution in [0.3, 0.4) is 0 Å². The maximum atomic E-state index is 3.91. The first-order valence-corrected chi connectivity index (χ1v) is 5.56. The fraction of sp³-hybridized carbons (Fsp3) is 0.750. The molecule has 0 aromatic heterocycles. The minimum absolute atomic E-state index is 0. The van der Waals surface area contributed by atoms with Crippen molar-refractivity contribution in [2.75, 3.05) is 0 Å². The summed E-state index contributed by atoms with van der Waals surface area (Å²) < 4.78 is 0. The van der Waals surface area contributed by atoms with Crippen molar-refractivity contribution in [3.63, 3.8) is 0 Å². The maximum Gasteiger partial charge on any atom is 0 e. The molecule has 0 heterocycles. The smallest absolute Gasteiger partial charge is 0 e.